The van der Waals surface area contributed by atoms with Gasteiger partial charge in [-0.2, -0.15) is 0 Å². The van der Waals surface area contributed by atoms with Gasteiger partial charge in [0.15, 0.2) is 11.5 Å². The molecule has 2 N–H and O–H groups in total. The molecule has 0 saturated carbocycles. The Morgan fingerprint density at radius 3 is 2.53 bits per heavy atom. The molecule has 1 heterocycles. The number of nitrogens with zero attached hydrogens (tertiary/aromatic N) is 1. The number of aryl methyl sites for hydroxylation is 1. The molecule has 8 nitrogen and oxygen atoms in total. The Labute approximate surface area is 174 Å². The summed E-state index contributed by atoms with van der Waals surface area (Å²) in [5, 5.41) is 5.17. The molecule has 2 aromatic carbocycles. The van der Waals surface area contributed by atoms with E-state index in [1.54, 1.807) is 30.3 Å². The number of rotatable bonds is 7. The fourth-order valence-electron chi connectivity index (χ4n) is 2.91. The standard InChI is InChI=1S/C22H23N3O5/c1-4-30-18-10-7-15(12-19(18)29-3)11-17-21(27)25(22(28)24-17)13-20(26)23-16-8-5-14(2)6-9-16/h5-12H,4,13H2,1-3H3,(H,23,26)(H,24,28)/b17-11+. The molecule has 0 unspecified atom stereocenters. The second-order valence-electron chi connectivity index (χ2n) is 6.64. The number of hydrogen-bond donors (Lipinski definition) is 2. The zero-order valence-corrected chi connectivity index (χ0v) is 17.0. The first-order valence-corrected chi connectivity index (χ1v) is 9.43. The van der Waals surface area contributed by atoms with E-state index in [9.17, 15) is 14.4 Å². The smallest absolute Gasteiger partial charge is 0.329 e. The first kappa shape index (κ1) is 20.9. The number of hydrogen-bond acceptors (Lipinski definition) is 5. The number of ether oxygens (including phenoxy) is 2. The van der Waals surface area contributed by atoms with Crippen molar-refractivity contribution in [3.8, 4) is 11.5 Å². The van der Waals surface area contributed by atoms with E-state index in [1.165, 1.54) is 13.2 Å². The summed E-state index contributed by atoms with van der Waals surface area (Å²) in [5.74, 6) is 0.0499. The first-order valence-electron chi connectivity index (χ1n) is 9.43. The molecule has 1 fully saturated rings. The topological polar surface area (TPSA) is 97.0 Å². The average Bonchev–Trinajstić information content (AvgIpc) is 2.98. The van der Waals surface area contributed by atoms with Crippen molar-refractivity contribution in [1.29, 1.82) is 0 Å². The van der Waals surface area contributed by atoms with Gasteiger partial charge >= 0.3 is 6.03 Å². The predicted molar refractivity (Wildman–Crippen MR) is 112 cm³/mol. The minimum atomic E-state index is -0.650. The molecule has 4 amide bonds. The van der Waals surface area contributed by atoms with Gasteiger partial charge in [0.25, 0.3) is 5.91 Å². The van der Waals surface area contributed by atoms with Gasteiger partial charge in [0.05, 0.1) is 13.7 Å². The Hall–Kier alpha value is -3.81. The molecule has 1 aliphatic rings. The lowest BCUT2D eigenvalue weighted by atomic mass is 10.1. The highest BCUT2D eigenvalue weighted by Crippen LogP contribution is 2.29. The van der Waals surface area contributed by atoms with Gasteiger partial charge in [0, 0.05) is 5.69 Å². The van der Waals surface area contributed by atoms with Crippen LogP contribution in [0.2, 0.25) is 0 Å². The Balaban J connectivity index is 1.71. The molecule has 0 radical (unpaired) electrons. The summed E-state index contributed by atoms with van der Waals surface area (Å²) in [5.41, 5.74) is 2.37. The zero-order chi connectivity index (χ0) is 21.7. The fourth-order valence-corrected chi connectivity index (χ4v) is 2.91. The van der Waals surface area contributed by atoms with Gasteiger partial charge in [0.1, 0.15) is 12.2 Å². The van der Waals surface area contributed by atoms with Gasteiger partial charge in [0.2, 0.25) is 5.91 Å². The molecule has 0 atom stereocenters. The highest BCUT2D eigenvalue weighted by atomic mass is 16.5. The molecule has 1 aliphatic heterocycles. The maximum absolute atomic E-state index is 12.6. The summed E-state index contributed by atoms with van der Waals surface area (Å²) < 4.78 is 10.8. The number of benzene rings is 2. The summed E-state index contributed by atoms with van der Waals surface area (Å²) in [6.07, 6.45) is 1.52. The first-order chi connectivity index (χ1) is 14.4. The molecule has 0 aliphatic carbocycles. The highest BCUT2D eigenvalue weighted by Gasteiger charge is 2.34. The van der Waals surface area contributed by atoms with Gasteiger partial charge in [-0.15, -0.1) is 0 Å². The van der Waals surface area contributed by atoms with E-state index in [2.05, 4.69) is 10.6 Å². The van der Waals surface area contributed by atoms with Crippen molar-refractivity contribution in [1.82, 2.24) is 10.2 Å². The van der Waals surface area contributed by atoms with E-state index in [0.717, 1.165) is 10.5 Å². The number of nitrogens with one attached hydrogen (secondary N) is 2. The third-order valence-corrected chi connectivity index (χ3v) is 4.40. The van der Waals surface area contributed by atoms with Crippen LogP contribution in [-0.2, 0) is 9.59 Å². The fraction of sp³-hybridized carbons (Fsp3) is 0.227. The van der Waals surface area contributed by atoms with Crippen LogP contribution in [0.25, 0.3) is 6.08 Å². The number of imide groups is 1. The number of urea groups is 1. The summed E-state index contributed by atoms with van der Waals surface area (Å²) in [7, 11) is 1.52. The lowest BCUT2D eigenvalue weighted by molar-refractivity contribution is -0.127. The summed E-state index contributed by atoms with van der Waals surface area (Å²) >= 11 is 0. The van der Waals surface area contributed by atoms with Crippen LogP contribution in [0.15, 0.2) is 48.2 Å². The summed E-state index contributed by atoms with van der Waals surface area (Å²) in [6.45, 7) is 3.91. The van der Waals surface area contributed by atoms with E-state index < -0.39 is 17.8 Å². The maximum Gasteiger partial charge on any atom is 0.329 e. The van der Waals surface area contributed by atoms with E-state index >= 15 is 0 Å². The maximum atomic E-state index is 12.6. The van der Waals surface area contributed by atoms with Gasteiger partial charge in [-0.3, -0.25) is 9.59 Å². The van der Waals surface area contributed by atoms with Crippen LogP contribution >= 0.6 is 0 Å². The minimum Gasteiger partial charge on any atom is -0.493 e. The molecule has 0 bridgehead atoms. The molecule has 2 aromatic rings. The Morgan fingerprint density at radius 1 is 1.13 bits per heavy atom. The van der Waals surface area contributed by atoms with Crippen molar-refractivity contribution in [3.05, 3.63) is 59.3 Å². The quantitative estimate of drug-likeness (QED) is 0.541. The van der Waals surface area contributed by atoms with Crippen molar-refractivity contribution in [2.45, 2.75) is 13.8 Å². The van der Waals surface area contributed by atoms with Gasteiger partial charge in [-0.25, -0.2) is 9.69 Å². The number of methoxy groups -OCH3 is 1. The summed E-state index contributed by atoms with van der Waals surface area (Å²) in [4.78, 5) is 37.9. The van der Waals surface area contributed by atoms with Crippen molar-refractivity contribution in [3.63, 3.8) is 0 Å². The third-order valence-electron chi connectivity index (χ3n) is 4.40. The van der Waals surface area contributed by atoms with Crippen molar-refractivity contribution in [2.24, 2.45) is 0 Å². The largest absolute Gasteiger partial charge is 0.493 e. The molecule has 0 aromatic heterocycles. The Bertz CT molecular complexity index is 998. The van der Waals surface area contributed by atoms with Crippen molar-refractivity contribution < 1.29 is 23.9 Å². The van der Waals surface area contributed by atoms with Crippen molar-refractivity contribution in [2.75, 3.05) is 25.6 Å². The lowest BCUT2D eigenvalue weighted by Crippen LogP contribution is -2.38. The van der Waals surface area contributed by atoms with E-state index in [1.807, 2.05) is 26.0 Å². The SMILES string of the molecule is CCOc1ccc(/C=C2/NC(=O)N(CC(=O)Nc3ccc(C)cc3)C2=O)cc1OC. The van der Waals surface area contributed by atoms with Crippen LogP contribution in [-0.4, -0.2) is 43.0 Å². The minimum absolute atomic E-state index is 0.0781. The van der Waals surface area contributed by atoms with E-state index in [-0.39, 0.29) is 12.2 Å². The highest BCUT2D eigenvalue weighted by molar-refractivity contribution is 6.15. The van der Waals surface area contributed by atoms with Gasteiger partial charge in [-0.1, -0.05) is 23.8 Å². The second-order valence-corrected chi connectivity index (χ2v) is 6.64. The van der Waals surface area contributed by atoms with Gasteiger partial charge < -0.3 is 20.1 Å². The Morgan fingerprint density at radius 2 is 1.87 bits per heavy atom. The average molecular weight is 409 g/mol. The normalized spacial score (nSPS) is 14.6. The monoisotopic (exact) mass is 409 g/mol. The molecule has 156 valence electrons. The molecular weight excluding hydrogens is 386 g/mol. The second kappa shape index (κ2) is 9.13. The van der Waals surface area contributed by atoms with Crippen LogP contribution in [0.3, 0.4) is 0 Å². The summed E-state index contributed by atoms with van der Waals surface area (Å²) in [6, 6.07) is 11.7. The van der Waals surface area contributed by atoms with E-state index in [0.29, 0.717) is 29.4 Å². The van der Waals surface area contributed by atoms with E-state index in [4.69, 9.17) is 9.47 Å². The number of carbonyl (C=O) groups excluding carboxylic acids is 3. The number of anilines is 1. The molecule has 0 spiro atoms. The van der Waals surface area contributed by atoms with Crippen LogP contribution in [0.4, 0.5) is 10.5 Å². The van der Waals surface area contributed by atoms with Crippen LogP contribution in [0.1, 0.15) is 18.1 Å². The molecule has 1 saturated heterocycles. The van der Waals surface area contributed by atoms with Crippen LogP contribution in [0.5, 0.6) is 11.5 Å². The molecule has 8 heteroatoms. The zero-order valence-electron chi connectivity index (χ0n) is 17.0. The Kier molecular flexibility index (Phi) is 6.36. The van der Waals surface area contributed by atoms with Crippen LogP contribution in [0, 0.1) is 6.92 Å². The number of amides is 4. The van der Waals surface area contributed by atoms with Crippen molar-refractivity contribution >= 4 is 29.6 Å². The molecule has 3 rings (SSSR count). The molecule has 30 heavy (non-hydrogen) atoms. The van der Waals surface area contributed by atoms with Gasteiger partial charge in [-0.05, 0) is 49.8 Å². The number of carbonyl (C=O) groups is 3. The lowest BCUT2D eigenvalue weighted by Gasteiger charge is -2.12. The van der Waals surface area contributed by atoms with Crippen LogP contribution < -0.4 is 20.1 Å². The predicted octanol–water partition coefficient (Wildman–Crippen LogP) is 2.93. The third kappa shape index (κ3) is 4.78. The molecular formula is C22H23N3O5.